The molecule has 0 aliphatic heterocycles. The van der Waals surface area contributed by atoms with E-state index in [0.717, 1.165) is 5.92 Å². The second kappa shape index (κ2) is 3.42. The van der Waals surface area contributed by atoms with Gasteiger partial charge in [0.15, 0.2) is 0 Å². The molecule has 11 heavy (non-hydrogen) atoms. The molecule has 64 valence electrons. The van der Waals surface area contributed by atoms with Crippen molar-refractivity contribution < 1.29 is 0 Å². The molecule has 0 aromatic rings. The highest BCUT2D eigenvalue weighted by Crippen LogP contribution is 2.40. The van der Waals surface area contributed by atoms with Crippen LogP contribution in [-0.4, -0.2) is 0 Å². The first kappa shape index (κ1) is 8.83. The molecule has 1 saturated carbocycles. The van der Waals surface area contributed by atoms with Crippen LogP contribution in [0.2, 0.25) is 0 Å². The van der Waals surface area contributed by atoms with Crippen LogP contribution in [0.4, 0.5) is 0 Å². The fraction of sp³-hybridized carbons (Fsp3) is 0.818. The molecule has 0 atom stereocenters. The molecular weight excluding hydrogens is 132 g/mol. The average Bonchev–Trinajstić information content (AvgIpc) is 2.06. The van der Waals surface area contributed by atoms with E-state index in [0.29, 0.717) is 5.41 Å². The highest BCUT2D eigenvalue weighted by atomic mass is 14.3. The molecule has 0 aromatic carbocycles. The van der Waals surface area contributed by atoms with Crippen molar-refractivity contribution in [3.8, 4) is 0 Å². The molecule has 1 aliphatic carbocycles. The van der Waals surface area contributed by atoms with Gasteiger partial charge in [0.25, 0.3) is 0 Å². The van der Waals surface area contributed by atoms with Gasteiger partial charge in [-0.3, -0.25) is 0 Å². The van der Waals surface area contributed by atoms with Gasteiger partial charge in [-0.2, -0.15) is 0 Å². The quantitative estimate of drug-likeness (QED) is 0.528. The lowest BCUT2D eigenvalue weighted by Crippen LogP contribution is -2.21. The van der Waals surface area contributed by atoms with Crippen molar-refractivity contribution in [3.63, 3.8) is 0 Å². The zero-order valence-electron chi connectivity index (χ0n) is 7.90. The Hall–Kier alpha value is -0.260. The largest absolute Gasteiger partial charge is 0.103 e. The molecule has 0 spiro atoms. The lowest BCUT2D eigenvalue weighted by atomic mass is 9.71. The molecule has 1 fully saturated rings. The summed E-state index contributed by atoms with van der Waals surface area (Å²) in [6, 6.07) is 0. The Morgan fingerprint density at radius 2 is 2.00 bits per heavy atom. The Morgan fingerprint density at radius 3 is 2.36 bits per heavy atom. The molecule has 0 unspecified atom stereocenters. The van der Waals surface area contributed by atoms with Gasteiger partial charge >= 0.3 is 0 Å². The minimum absolute atomic E-state index is 0.464. The molecule has 0 amide bonds. The minimum Gasteiger partial charge on any atom is -0.103 e. The summed E-state index contributed by atoms with van der Waals surface area (Å²) >= 11 is 0. The summed E-state index contributed by atoms with van der Waals surface area (Å²) in [5, 5.41) is 0. The van der Waals surface area contributed by atoms with E-state index < -0.39 is 0 Å². The van der Waals surface area contributed by atoms with E-state index in [4.69, 9.17) is 0 Å². The molecule has 0 N–H and O–H groups in total. The van der Waals surface area contributed by atoms with Crippen LogP contribution in [0.5, 0.6) is 0 Å². The smallest absolute Gasteiger partial charge is 0.0149 e. The van der Waals surface area contributed by atoms with Gasteiger partial charge < -0.3 is 0 Å². The number of hydrogen-bond donors (Lipinski definition) is 0. The normalized spacial score (nSPS) is 38.5. The molecule has 0 heteroatoms. The zero-order chi connectivity index (χ0) is 8.32. The summed E-state index contributed by atoms with van der Waals surface area (Å²) in [5.74, 6) is 1.00. The van der Waals surface area contributed by atoms with E-state index in [1.165, 1.54) is 32.1 Å². The van der Waals surface area contributed by atoms with Gasteiger partial charge in [0, 0.05) is 0 Å². The monoisotopic (exact) mass is 152 g/mol. The van der Waals surface area contributed by atoms with Crippen molar-refractivity contribution in [1.29, 1.82) is 0 Å². The summed E-state index contributed by atoms with van der Waals surface area (Å²) < 4.78 is 0. The van der Waals surface area contributed by atoms with Crippen LogP contribution in [0.3, 0.4) is 0 Å². The first-order valence-electron chi connectivity index (χ1n) is 4.84. The van der Waals surface area contributed by atoms with Gasteiger partial charge in [-0.1, -0.05) is 26.3 Å². The first-order chi connectivity index (χ1) is 5.20. The molecule has 0 nitrogen and oxygen atoms in total. The third-order valence-corrected chi connectivity index (χ3v) is 3.32. The summed E-state index contributed by atoms with van der Waals surface area (Å²) in [4.78, 5) is 0. The Kier molecular flexibility index (Phi) is 2.75. The van der Waals surface area contributed by atoms with Crippen molar-refractivity contribution >= 4 is 0 Å². The van der Waals surface area contributed by atoms with Gasteiger partial charge in [-0.05, 0) is 37.0 Å². The molecule has 0 radical (unpaired) electrons. The molecule has 1 aliphatic rings. The topological polar surface area (TPSA) is 0 Å². The van der Waals surface area contributed by atoms with Crippen molar-refractivity contribution in [2.24, 2.45) is 11.3 Å². The number of hydrogen-bond acceptors (Lipinski definition) is 0. The van der Waals surface area contributed by atoms with Gasteiger partial charge in [-0.25, -0.2) is 0 Å². The molecule has 0 aromatic heterocycles. The van der Waals surface area contributed by atoms with Crippen LogP contribution in [0, 0.1) is 11.3 Å². The van der Waals surface area contributed by atoms with Crippen molar-refractivity contribution in [2.45, 2.75) is 46.0 Å². The number of rotatable bonds is 2. The van der Waals surface area contributed by atoms with Crippen LogP contribution >= 0.6 is 0 Å². The summed E-state index contributed by atoms with van der Waals surface area (Å²) in [6.07, 6.45) is 9.06. The second-order valence-corrected chi connectivity index (χ2v) is 4.21. The van der Waals surface area contributed by atoms with Crippen LogP contribution < -0.4 is 0 Å². The van der Waals surface area contributed by atoms with Crippen LogP contribution in [0.25, 0.3) is 0 Å². The zero-order valence-corrected chi connectivity index (χ0v) is 7.90. The van der Waals surface area contributed by atoms with E-state index in [2.05, 4.69) is 26.5 Å². The number of allylic oxidation sites excluding steroid dienone is 1. The predicted molar refractivity (Wildman–Crippen MR) is 50.6 cm³/mol. The third kappa shape index (κ3) is 2.08. The summed E-state index contributed by atoms with van der Waals surface area (Å²) in [6.45, 7) is 8.55. The van der Waals surface area contributed by atoms with E-state index in [9.17, 15) is 0 Å². The molecule has 0 bridgehead atoms. The Labute approximate surface area is 70.7 Å². The van der Waals surface area contributed by atoms with E-state index >= 15 is 0 Å². The Balaban J connectivity index is 2.41. The first-order valence-corrected chi connectivity index (χ1v) is 4.84. The lowest BCUT2D eigenvalue weighted by Gasteiger charge is -2.34. The van der Waals surface area contributed by atoms with Crippen LogP contribution in [0.15, 0.2) is 12.7 Å². The Morgan fingerprint density at radius 1 is 1.45 bits per heavy atom. The minimum atomic E-state index is 0.464. The molecule has 1 rings (SSSR count). The SMILES string of the molecule is C=CC1(C)CCC(CC)CC1. The van der Waals surface area contributed by atoms with E-state index in [1.54, 1.807) is 0 Å². The van der Waals surface area contributed by atoms with Gasteiger partial charge in [0.05, 0.1) is 0 Å². The highest BCUT2D eigenvalue weighted by Gasteiger charge is 2.27. The van der Waals surface area contributed by atoms with E-state index in [-0.39, 0.29) is 0 Å². The van der Waals surface area contributed by atoms with Crippen LogP contribution in [0.1, 0.15) is 46.0 Å². The second-order valence-electron chi connectivity index (χ2n) is 4.21. The van der Waals surface area contributed by atoms with Crippen molar-refractivity contribution in [1.82, 2.24) is 0 Å². The van der Waals surface area contributed by atoms with E-state index in [1.807, 2.05) is 0 Å². The molecular formula is C11H20. The maximum atomic E-state index is 3.91. The fourth-order valence-electron chi connectivity index (χ4n) is 1.95. The van der Waals surface area contributed by atoms with Crippen molar-refractivity contribution in [2.75, 3.05) is 0 Å². The standard InChI is InChI=1S/C11H20/c1-4-10-6-8-11(3,5-2)9-7-10/h5,10H,2,4,6-9H2,1,3H3. The molecule has 0 saturated heterocycles. The predicted octanol–water partition coefficient (Wildman–Crippen LogP) is 3.78. The Bertz CT molecular complexity index is 127. The van der Waals surface area contributed by atoms with Crippen LogP contribution in [-0.2, 0) is 0 Å². The third-order valence-electron chi connectivity index (χ3n) is 3.32. The maximum Gasteiger partial charge on any atom is -0.0149 e. The molecule has 0 heterocycles. The summed E-state index contributed by atoms with van der Waals surface area (Å²) in [5.41, 5.74) is 0.464. The lowest BCUT2D eigenvalue weighted by molar-refractivity contribution is 0.219. The van der Waals surface area contributed by atoms with Gasteiger partial charge in [0.2, 0.25) is 0 Å². The van der Waals surface area contributed by atoms with Gasteiger partial charge in [-0.15, -0.1) is 6.58 Å². The summed E-state index contributed by atoms with van der Waals surface area (Å²) in [7, 11) is 0. The van der Waals surface area contributed by atoms with Gasteiger partial charge in [0.1, 0.15) is 0 Å². The van der Waals surface area contributed by atoms with Crippen molar-refractivity contribution in [3.05, 3.63) is 12.7 Å². The fourth-order valence-corrected chi connectivity index (χ4v) is 1.95. The average molecular weight is 152 g/mol. The maximum absolute atomic E-state index is 3.91. The highest BCUT2D eigenvalue weighted by molar-refractivity contribution is 4.94.